The average Bonchev–Trinajstić information content (AvgIpc) is 3.14. The van der Waals surface area contributed by atoms with E-state index >= 15 is 0 Å². The summed E-state index contributed by atoms with van der Waals surface area (Å²) in [5.41, 5.74) is 2.64. The van der Waals surface area contributed by atoms with Crippen molar-refractivity contribution < 1.29 is 43.2 Å². The van der Waals surface area contributed by atoms with Gasteiger partial charge in [-0.2, -0.15) is 13.2 Å². The molecule has 4 aromatic carbocycles. The number of nitrogens with zero attached hydrogens (tertiary/aromatic N) is 2. The molecule has 2 heterocycles. The van der Waals surface area contributed by atoms with E-state index in [1.807, 2.05) is 82.3 Å². The topological polar surface area (TPSA) is 63.1 Å². The second-order valence-corrected chi connectivity index (χ2v) is 14.6. The van der Waals surface area contributed by atoms with Crippen molar-refractivity contribution in [3.8, 4) is 22.4 Å². The summed E-state index contributed by atoms with van der Waals surface area (Å²) in [5.74, 6) is 0.547. The molecule has 0 aliphatic carbocycles. The number of pyridine rings is 2. The molecule has 54 heavy (non-hydrogen) atoms. The summed E-state index contributed by atoms with van der Waals surface area (Å²) in [7, 11) is 0. The van der Waals surface area contributed by atoms with Crippen LogP contribution in [0.4, 0.5) is 13.2 Å². The second kappa shape index (κ2) is 17.8. The number of para-hydroxylation sites is 1. The fraction of sp³-hybridized carbons (Fsp3) is 0.326. The van der Waals surface area contributed by atoms with E-state index in [0.29, 0.717) is 16.8 Å². The maximum atomic E-state index is 14.2. The van der Waals surface area contributed by atoms with Crippen LogP contribution in [-0.4, -0.2) is 20.9 Å². The largest absolute Gasteiger partial charge is 0.512 e. The van der Waals surface area contributed by atoms with Gasteiger partial charge in [-0.05, 0) is 59.7 Å². The molecular weight excluding hydrogens is 862 g/mol. The van der Waals surface area contributed by atoms with Crippen LogP contribution in [-0.2, 0) is 36.5 Å². The van der Waals surface area contributed by atoms with E-state index in [1.165, 1.54) is 12.1 Å². The second-order valence-electron chi connectivity index (χ2n) is 14.6. The first kappa shape index (κ1) is 42.4. The molecule has 0 aliphatic heterocycles. The molecule has 0 unspecified atom stereocenters. The molecule has 0 saturated heterocycles. The minimum atomic E-state index is -4.55. The van der Waals surface area contributed by atoms with Crippen LogP contribution < -0.4 is 0 Å². The van der Waals surface area contributed by atoms with Crippen molar-refractivity contribution >= 4 is 38.2 Å². The number of halogens is 3. The van der Waals surface area contributed by atoms with Crippen molar-refractivity contribution in [1.82, 2.24) is 9.97 Å². The van der Waals surface area contributed by atoms with Crippen LogP contribution in [0.15, 0.2) is 103 Å². The Morgan fingerprint density at radius 2 is 1.39 bits per heavy atom. The fourth-order valence-corrected chi connectivity index (χ4v) is 6.87. The van der Waals surface area contributed by atoms with Gasteiger partial charge >= 0.3 is 6.18 Å². The monoisotopic (exact) mass is 910 g/mol. The molecule has 0 atom stereocenters. The summed E-state index contributed by atoms with van der Waals surface area (Å²) in [6.45, 7) is 14.4. The smallest absolute Gasteiger partial charge is 0.418 e. The zero-order valence-corrected chi connectivity index (χ0v) is 34.3. The van der Waals surface area contributed by atoms with E-state index in [0.717, 1.165) is 69.9 Å². The minimum Gasteiger partial charge on any atom is -0.512 e. The summed E-state index contributed by atoms with van der Waals surface area (Å²) < 4.78 is 42.5. The molecule has 8 heteroatoms. The van der Waals surface area contributed by atoms with Crippen LogP contribution in [0.5, 0.6) is 0 Å². The zero-order valence-electron chi connectivity index (χ0n) is 31.9. The Kier molecular flexibility index (Phi) is 14.0. The van der Waals surface area contributed by atoms with E-state index in [1.54, 1.807) is 18.3 Å². The van der Waals surface area contributed by atoms with Crippen LogP contribution >= 0.6 is 0 Å². The van der Waals surface area contributed by atoms with Gasteiger partial charge in [0.05, 0.1) is 16.8 Å². The van der Waals surface area contributed by atoms with E-state index in [-0.39, 0.29) is 54.5 Å². The maximum absolute atomic E-state index is 14.2. The van der Waals surface area contributed by atoms with Gasteiger partial charge in [-0.1, -0.05) is 114 Å². The number of carbonyl (C=O) groups excluding carboxylic acids is 1. The standard InChI is InChI=1S/C33H24F3N2.C13H24O2.Ir/c1-32(2,3)28-16-22(14-20-8-4-5-9-25(20)28)31-17-27(29(19-38-31)33(34,35)36)21-12-13-24-23(15-21)18-37-30-11-7-6-10-26(24)30;1-5-10(6-2)12(14)9-13(15)11(7-3)8-4;/h4-13,15-19H,1-3H3;9-11,14H,5-8H2,1-4H3;/q-1;;/b;12-9-;. The van der Waals surface area contributed by atoms with Crippen molar-refractivity contribution in [2.24, 2.45) is 11.8 Å². The Hall–Kier alpha value is -4.39. The number of rotatable bonds is 9. The number of hydrogen-bond donors (Lipinski definition) is 1. The number of aliphatic hydroxyl groups is 1. The first-order valence-electron chi connectivity index (χ1n) is 18.4. The Balaban J connectivity index is 0.000000347. The number of aliphatic hydroxyl groups excluding tert-OH is 1. The molecule has 1 radical (unpaired) electrons. The number of ketones is 1. The number of hydrogen-bond acceptors (Lipinski definition) is 4. The molecule has 0 spiro atoms. The number of fused-ring (bicyclic) bond motifs is 4. The summed E-state index contributed by atoms with van der Waals surface area (Å²) in [4.78, 5) is 20.5. The van der Waals surface area contributed by atoms with Crippen LogP contribution in [0.2, 0.25) is 0 Å². The number of alkyl halides is 3. The third kappa shape index (κ3) is 9.45. The van der Waals surface area contributed by atoms with Crippen LogP contribution in [0.3, 0.4) is 0 Å². The fourth-order valence-electron chi connectivity index (χ4n) is 6.87. The molecule has 1 N–H and O–H groups in total. The number of allylic oxidation sites excluding steroid dienone is 2. The Morgan fingerprint density at radius 1 is 0.759 bits per heavy atom. The van der Waals surface area contributed by atoms with Gasteiger partial charge in [0.1, 0.15) is 0 Å². The van der Waals surface area contributed by atoms with Crippen LogP contribution in [0, 0.1) is 17.9 Å². The quantitative estimate of drug-likeness (QED) is 0.0679. The number of carbonyl (C=O) groups is 1. The Labute approximate surface area is 330 Å². The predicted octanol–water partition coefficient (Wildman–Crippen LogP) is 13.3. The molecule has 0 bridgehead atoms. The number of benzene rings is 4. The van der Waals surface area contributed by atoms with E-state index in [4.69, 9.17) is 0 Å². The Morgan fingerprint density at radius 3 is 2.02 bits per heavy atom. The van der Waals surface area contributed by atoms with Gasteiger partial charge in [-0.3, -0.25) is 14.8 Å². The van der Waals surface area contributed by atoms with Gasteiger partial charge in [0.15, 0.2) is 5.78 Å². The van der Waals surface area contributed by atoms with Gasteiger partial charge in [0, 0.05) is 66.9 Å². The molecule has 2 aromatic heterocycles. The molecule has 0 saturated carbocycles. The molecule has 6 aromatic rings. The first-order chi connectivity index (χ1) is 25.2. The van der Waals surface area contributed by atoms with Gasteiger partial charge in [-0.15, -0.1) is 29.1 Å². The van der Waals surface area contributed by atoms with Crippen molar-refractivity contribution in [2.75, 3.05) is 0 Å². The summed E-state index contributed by atoms with van der Waals surface area (Å²) in [6, 6.07) is 28.0. The van der Waals surface area contributed by atoms with Crippen LogP contribution in [0.1, 0.15) is 85.3 Å². The van der Waals surface area contributed by atoms with Crippen molar-refractivity contribution in [3.05, 3.63) is 120 Å². The molecule has 0 fully saturated rings. The van der Waals surface area contributed by atoms with Crippen molar-refractivity contribution in [1.29, 1.82) is 0 Å². The molecule has 4 nitrogen and oxygen atoms in total. The predicted molar refractivity (Wildman–Crippen MR) is 212 cm³/mol. The third-order valence-corrected chi connectivity index (χ3v) is 10.1. The SMILES string of the molecule is CC(C)(C)c1cc(-c2cc(-c3ccc4c(cnc5ccccc54)c3)c(C(F)(F)F)cn2)[c-]c2ccccc12.CCC(CC)C(=O)/C=C(\O)C(CC)CC.[Ir]. The first-order valence-corrected chi connectivity index (χ1v) is 18.4. The normalized spacial score (nSPS) is 12.3. The average molecular weight is 910 g/mol. The third-order valence-electron chi connectivity index (χ3n) is 10.1. The van der Waals surface area contributed by atoms with Gasteiger partial charge in [0.25, 0.3) is 0 Å². The minimum absolute atomic E-state index is 0. The summed E-state index contributed by atoms with van der Waals surface area (Å²) in [5, 5.41) is 14.4. The molecule has 6 rings (SSSR count). The zero-order chi connectivity index (χ0) is 38.5. The van der Waals surface area contributed by atoms with E-state index in [2.05, 4.69) is 42.9 Å². The molecule has 0 amide bonds. The van der Waals surface area contributed by atoms with Gasteiger partial charge in [0.2, 0.25) is 0 Å². The maximum Gasteiger partial charge on any atom is 0.418 e. The molecule has 0 aliphatic rings. The van der Waals surface area contributed by atoms with Crippen molar-refractivity contribution in [2.45, 2.75) is 85.7 Å². The summed E-state index contributed by atoms with van der Waals surface area (Å²) in [6.07, 6.45) is 3.00. The van der Waals surface area contributed by atoms with E-state index in [9.17, 15) is 23.1 Å². The van der Waals surface area contributed by atoms with Gasteiger partial charge < -0.3 is 5.11 Å². The van der Waals surface area contributed by atoms with Crippen molar-refractivity contribution in [3.63, 3.8) is 0 Å². The van der Waals surface area contributed by atoms with Gasteiger partial charge in [-0.25, -0.2) is 0 Å². The Bertz CT molecular complexity index is 2270. The van der Waals surface area contributed by atoms with Crippen LogP contribution in [0.25, 0.3) is 54.8 Å². The summed E-state index contributed by atoms with van der Waals surface area (Å²) >= 11 is 0. The van der Waals surface area contributed by atoms with E-state index < -0.39 is 11.7 Å². The molecule has 285 valence electrons. The number of aromatic nitrogens is 2. The molecular formula is C46H48F3IrN2O2-.